The van der Waals surface area contributed by atoms with Gasteiger partial charge in [-0.2, -0.15) is 5.26 Å². The van der Waals surface area contributed by atoms with E-state index >= 15 is 0 Å². The number of hydrogen-bond acceptors (Lipinski definition) is 4. The van der Waals surface area contributed by atoms with Crippen molar-refractivity contribution in [3.8, 4) is 6.07 Å². The van der Waals surface area contributed by atoms with Crippen molar-refractivity contribution in [1.29, 1.82) is 5.26 Å². The number of nitrogens with zero attached hydrogens (tertiary/aromatic N) is 3. The third-order valence-corrected chi connectivity index (χ3v) is 4.97. The van der Waals surface area contributed by atoms with Gasteiger partial charge >= 0.3 is 0 Å². The highest BCUT2D eigenvalue weighted by Gasteiger charge is 2.44. The number of rotatable bonds is 2. The molecule has 126 valence electrons. The highest BCUT2D eigenvalue weighted by molar-refractivity contribution is 5.95. The van der Waals surface area contributed by atoms with Crippen LogP contribution < -0.4 is 0 Å². The molecular formula is C19H17N3O3. The maximum atomic E-state index is 12.8. The molecule has 6 heteroatoms. The minimum Gasteiger partial charge on any atom is -0.459 e. The number of carbonyl (C=O) groups is 2. The van der Waals surface area contributed by atoms with Crippen LogP contribution in [0.25, 0.3) is 0 Å². The van der Waals surface area contributed by atoms with E-state index in [0.717, 1.165) is 12.8 Å². The summed E-state index contributed by atoms with van der Waals surface area (Å²) >= 11 is 0. The number of piperazine rings is 1. The average Bonchev–Trinajstić information content (AvgIpc) is 3.27. The van der Waals surface area contributed by atoms with Gasteiger partial charge in [-0.05, 0) is 43.2 Å². The van der Waals surface area contributed by atoms with Crippen LogP contribution in [0.3, 0.4) is 0 Å². The number of nitriles is 1. The van der Waals surface area contributed by atoms with Gasteiger partial charge in [-0.25, -0.2) is 0 Å². The van der Waals surface area contributed by atoms with E-state index in [0.29, 0.717) is 30.0 Å². The van der Waals surface area contributed by atoms with E-state index in [4.69, 9.17) is 9.68 Å². The predicted octanol–water partition coefficient (Wildman–Crippen LogP) is 2.28. The van der Waals surface area contributed by atoms with Crippen LogP contribution in [0.4, 0.5) is 0 Å². The zero-order valence-electron chi connectivity index (χ0n) is 13.6. The molecule has 1 aromatic carbocycles. The topological polar surface area (TPSA) is 77.5 Å². The Morgan fingerprint density at radius 2 is 1.84 bits per heavy atom. The van der Waals surface area contributed by atoms with Crippen LogP contribution in [0.1, 0.15) is 39.3 Å². The lowest BCUT2D eigenvalue weighted by Gasteiger charge is -2.40. The Kier molecular flexibility index (Phi) is 3.77. The van der Waals surface area contributed by atoms with Crippen LogP contribution in [-0.2, 0) is 0 Å². The van der Waals surface area contributed by atoms with Gasteiger partial charge in [0.25, 0.3) is 11.8 Å². The SMILES string of the molecule is N#Cc1cccc(C(=O)N2CC3CCC(C2)N3C(=O)c2ccco2)c1. The van der Waals surface area contributed by atoms with E-state index in [-0.39, 0.29) is 23.9 Å². The minimum absolute atomic E-state index is 0.0134. The van der Waals surface area contributed by atoms with Gasteiger partial charge in [0.15, 0.2) is 5.76 Å². The zero-order valence-corrected chi connectivity index (χ0v) is 13.6. The van der Waals surface area contributed by atoms with Crippen LogP contribution in [0.5, 0.6) is 0 Å². The van der Waals surface area contributed by atoms with Gasteiger partial charge in [-0.3, -0.25) is 9.59 Å². The molecule has 2 aliphatic heterocycles. The standard InChI is InChI=1S/C19H17N3O3/c20-10-13-3-1-4-14(9-13)18(23)21-11-15-6-7-16(12-21)22(15)19(24)17-5-2-8-25-17/h1-5,8-9,15-16H,6-7,11-12H2. The average molecular weight is 335 g/mol. The fraction of sp³-hybridized carbons (Fsp3) is 0.316. The van der Waals surface area contributed by atoms with Crippen LogP contribution >= 0.6 is 0 Å². The summed E-state index contributed by atoms with van der Waals surface area (Å²) in [5.74, 6) is 0.161. The van der Waals surface area contributed by atoms with E-state index in [9.17, 15) is 9.59 Å². The summed E-state index contributed by atoms with van der Waals surface area (Å²) in [5.41, 5.74) is 0.990. The summed E-state index contributed by atoms with van der Waals surface area (Å²) in [7, 11) is 0. The van der Waals surface area contributed by atoms with Gasteiger partial charge in [0, 0.05) is 18.7 Å². The molecule has 2 bridgehead atoms. The molecule has 25 heavy (non-hydrogen) atoms. The van der Waals surface area contributed by atoms with Crippen molar-refractivity contribution in [2.24, 2.45) is 0 Å². The number of likely N-dealkylation sites (tertiary alicyclic amines) is 1. The maximum Gasteiger partial charge on any atom is 0.290 e. The number of carbonyl (C=O) groups excluding carboxylic acids is 2. The molecule has 0 radical (unpaired) electrons. The minimum atomic E-state index is -0.101. The van der Waals surface area contributed by atoms with Crippen LogP contribution in [0, 0.1) is 11.3 Å². The summed E-state index contributed by atoms with van der Waals surface area (Å²) in [4.78, 5) is 29.1. The molecule has 0 aliphatic carbocycles. The molecule has 2 aliphatic rings. The first-order chi connectivity index (χ1) is 12.2. The van der Waals surface area contributed by atoms with Crippen LogP contribution in [0.2, 0.25) is 0 Å². The Balaban J connectivity index is 1.52. The Hall–Kier alpha value is -3.07. The smallest absolute Gasteiger partial charge is 0.290 e. The number of benzene rings is 1. The Bertz CT molecular complexity index is 839. The largest absolute Gasteiger partial charge is 0.459 e. The summed E-state index contributed by atoms with van der Waals surface area (Å²) in [6.45, 7) is 1.02. The molecule has 2 atom stereocenters. The van der Waals surface area contributed by atoms with Gasteiger partial charge in [0.05, 0.1) is 30.0 Å². The number of hydrogen-bond donors (Lipinski definition) is 0. The maximum absolute atomic E-state index is 12.8. The van der Waals surface area contributed by atoms with Gasteiger partial charge in [0.1, 0.15) is 0 Å². The Morgan fingerprint density at radius 3 is 2.48 bits per heavy atom. The second-order valence-corrected chi connectivity index (χ2v) is 6.48. The van der Waals surface area contributed by atoms with Crippen molar-refractivity contribution in [3.05, 3.63) is 59.5 Å². The van der Waals surface area contributed by atoms with E-state index in [1.807, 2.05) is 4.90 Å². The number of fused-ring (bicyclic) bond motifs is 2. The Labute approximate surface area is 145 Å². The van der Waals surface area contributed by atoms with Crippen molar-refractivity contribution in [1.82, 2.24) is 9.80 Å². The van der Waals surface area contributed by atoms with Crippen LogP contribution in [-0.4, -0.2) is 46.8 Å². The van der Waals surface area contributed by atoms with Crippen molar-refractivity contribution in [3.63, 3.8) is 0 Å². The van der Waals surface area contributed by atoms with Gasteiger partial charge in [-0.1, -0.05) is 6.07 Å². The first-order valence-corrected chi connectivity index (χ1v) is 8.33. The number of furan rings is 1. The highest BCUT2D eigenvalue weighted by Crippen LogP contribution is 2.32. The monoisotopic (exact) mass is 335 g/mol. The second kappa shape index (κ2) is 6.10. The second-order valence-electron chi connectivity index (χ2n) is 6.48. The summed E-state index contributed by atoms with van der Waals surface area (Å²) in [6.07, 6.45) is 3.27. The van der Waals surface area contributed by atoms with Gasteiger partial charge in [0.2, 0.25) is 0 Å². The first-order valence-electron chi connectivity index (χ1n) is 8.33. The summed E-state index contributed by atoms with van der Waals surface area (Å²) in [5, 5.41) is 9.01. The summed E-state index contributed by atoms with van der Waals surface area (Å²) in [6, 6.07) is 12.2. The third kappa shape index (κ3) is 2.68. The fourth-order valence-corrected chi connectivity index (χ4v) is 3.83. The van der Waals surface area contributed by atoms with E-state index in [2.05, 4.69) is 6.07 Å². The Morgan fingerprint density at radius 1 is 1.08 bits per heavy atom. The molecule has 2 fully saturated rings. The molecule has 2 saturated heterocycles. The molecule has 0 saturated carbocycles. The van der Waals surface area contributed by atoms with Crippen molar-refractivity contribution >= 4 is 11.8 Å². The van der Waals surface area contributed by atoms with Crippen molar-refractivity contribution < 1.29 is 14.0 Å². The van der Waals surface area contributed by atoms with E-state index in [1.54, 1.807) is 41.3 Å². The zero-order chi connectivity index (χ0) is 17.4. The fourth-order valence-electron chi connectivity index (χ4n) is 3.83. The summed E-state index contributed by atoms with van der Waals surface area (Å²) < 4.78 is 5.24. The lowest BCUT2D eigenvalue weighted by molar-refractivity contribution is 0.0341. The van der Waals surface area contributed by atoms with Gasteiger partial charge in [-0.15, -0.1) is 0 Å². The van der Waals surface area contributed by atoms with Crippen molar-refractivity contribution in [2.75, 3.05) is 13.1 Å². The lowest BCUT2D eigenvalue weighted by Crippen LogP contribution is -2.57. The van der Waals surface area contributed by atoms with Crippen LogP contribution in [0.15, 0.2) is 47.1 Å². The molecule has 2 aromatic rings. The van der Waals surface area contributed by atoms with Gasteiger partial charge < -0.3 is 14.2 Å². The number of amides is 2. The van der Waals surface area contributed by atoms with Crippen molar-refractivity contribution in [2.45, 2.75) is 24.9 Å². The van der Waals surface area contributed by atoms with E-state index in [1.165, 1.54) is 6.26 Å². The first kappa shape index (κ1) is 15.5. The molecule has 0 N–H and O–H groups in total. The normalized spacial score (nSPS) is 21.9. The highest BCUT2D eigenvalue weighted by atomic mass is 16.3. The molecule has 2 amide bonds. The van der Waals surface area contributed by atoms with E-state index < -0.39 is 0 Å². The quantitative estimate of drug-likeness (QED) is 0.843. The molecule has 6 nitrogen and oxygen atoms in total. The predicted molar refractivity (Wildman–Crippen MR) is 88.7 cm³/mol. The molecule has 2 unspecified atom stereocenters. The molecule has 0 spiro atoms. The molecule has 1 aromatic heterocycles. The molecular weight excluding hydrogens is 318 g/mol. The molecule has 4 rings (SSSR count). The molecule has 3 heterocycles. The lowest BCUT2D eigenvalue weighted by atomic mass is 10.1. The third-order valence-electron chi connectivity index (χ3n) is 4.97.